The molecule has 31 heavy (non-hydrogen) atoms. The summed E-state index contributed by atoms with van der Waals surface area (Å²) in [5, 5.41) is 8.03. The van der Waals surface area contributed by atoms with Gasteiger partial charge in [-0.05, 0) is 43.3 Å². The molecule has 1 unspecified atom stereocenters. The predicted molar refractivity (Wildman–Crippen MR) is 117 cm³/mol. The first kappa shape index (κ1) is 21.5. The van der Waals surface area contributed by atoms with Gasteiger partial charge in [-0.15, -0.1) is 0 Å². The number of amides is 2. The van der Waals surface area contributed by atoms with Crippen molar-refractivity contribution in [1.29, 1.82) is 0 Å². The summed E-state index contributed by atoms with van der Waals surface area (Å²) in [6, 6.07) is 14.5. The van der Waals surface area contributed by atoms with Crippen LogP contribution in [0.5, 0.6) is 0 Å². The van der Waals surface area contributed by atoms with Crippen molar-refractivity contribution in [2.45, 2.75) is 19.4 Å². The van der Waals surface area contributed by atoms with Crippen LogP contribution in [0.4, 0.5) is 11.4 Å². The largest absolute Gasteiger partial charge is 0.462 e. The van der Waals surface area contributed by atoms with E-state index >= 15 is 0 Å². The Morgan fingerprint density at radius 3 is 2.45 bits per heavy atom. The van der Waals surface area contributed by atoms with Gasteiger partial charge in [-0.2, -0.15) is 4.99 Å². The molecule has 10 heteroatoms. The third kappa shape index (κ3) is 6.13. The number of hydrogen-bond donors (Lipinski definition) is 4. The summed E-state index contributed by atoms with van der Waals surface area (Å²) in [5.41, 5.74) is 7.42. The van der Waals surface area contributed by atoms with Crippen LogP contribution in [-0.4, -0.2) is 42.4 Å². The third-order valence-corrected chi connectivity index (χ3v) is 4.15. The first-order chi connectivity index (χ1) is 14.9. The lowest BCUT2D eigenvalue weighted by Gasteiger charge is -2.08. The fourth-order valence-electron chi connectivity index (χ4n) is 2.73. The maximum absolute atomic E-state index is 12.3. The first-order valence-corrected chi connectivity index (χ1v) is 9.56. The fraction of sp³-hybridized carbons (Fsp3) is 0.190. The van der Waals surface area contributed by atoms with E-state index in [4.69, 9.17) is 10.5 Å². The highest BCUT2D eigenvalue weighted by Gasteiger charge is 2.28. The lowest BCUT2D eigenvalue weighted by molar-refractivity contribution is -0.123. The number of carbonyl (C=O) groups excluding carboxylic acids is 3. The van der Waals surface area contributed by atoms with E-state index in [-0.39, 0.29) is 24.9 Å². The van der Waals surface area contributed by atoms with Crippen LogP contribution in [-0.2, 0) is 14.3 Å². The molecule has 1 aliphatic rings. The Balaban J connectivity index is 1.56. The number of rotatable bonds is 6. The molecule has 5 N–H and O–H groups in total. The molecule has 2 amide bonds. The summed E-state index contributed by atoms with van der Waals surface area (Å²) in [4.78, 5) is 44.2. The zero-order chi connectivity index (χ0) is 22.2. The third-order valence-electron chi connectivity index (χ3n) is 4.15. The molecular weight excluding hydrogens is 400 g/mol. The minimum atomic E-state index is -0.915. The van der Waals surface area contributed by atoms with Gasteiger partial charge in [0.1, 0.15) is 6.04 Å². The molecule has 0 saturated carbocycles. The molecule has 0 spiro atoms. The van der Waals surface area contributed by atoms with E-state index in [0.717, 1.165) is 5.69 Å². The van der Waals surface area contributed by atoms with Crippen LogP contribution in [0.2, 0.25) is 0 Å². The van der Waals surface area contributed by atoms with Crippen molar-refractivity contribution in [3.05, 3.63) is 60.2 Å². The molecule has 3 rings (SSSR count). The maximum atomic E-state index is 12.3. The molecule has 0 aliphatic carbocycles. The van der Waals surface area contributed by atoms with E-state index in [1.165, 1.54) is 0 Å². The highest BCUT2D eigenvalue weighted by atomic mass is 16.5. The summed E-state index contributed by atoms with van der Waals surface area (Å²) >= 11 is 0. The van der Waals surface area contributed by atoms with E-state index in [2.05, 4.69) is 25.9 Å². The summed E-state index contributed by atoms with van der Waals surface area (Å²) in [5.74, 6) is -1.21. The Morgan fingerprint density at radius 2 is 1.77 bits per heavy atom. The minimum Gasteiger partial charge on any atom is -0.462 e. The molecule has 2 aromatic carbocycles. The van der Waals surface area contributed by atoms with Gasteiger partial charge in [0.2, 0.25) is 17.8 Å². The second-order valence-corrected chi connectivity index (χ2v) is 6.50. The predicted octanol–water partition coefficient (Wildman–Crippen LogP) is 1.47. The SMILES string of the molecule is CCOC(=O)c1ccc(NC(=O)CC2N=C(/N=C(\N)Nc3ccccc3)NC2=O)cc1. The number of hydrogen-bond acceptors (Lipinski definition) is 6. The fourth-order valence-corrected chi connectivity index (χ4v) is 2.73. The Bertz CT molecular complexity index is 1020. The van der Waals surface area contributed by atoms with Crippen LogP contribution >= 0.6 is 0 Å². The summed E-state index contributed by atoms with van der Waals surface area (Å²) < 4.78 is 4.91. The summed E-state index contributed by atoms with van der Waals surface area (Å²) in [6.07, 6.45) is -0.170. The molecule has 0 bridgehead atoms. The highest BCUT2D eigenvalue weighted by molar-refractivity contribution is 6.11. The van der Waals surface area contributed by atoms with Gasteiger partial charge >= 0.3 is 5.97 Å². The Labute approximate surface area is 178 Å². The number of benzene rings is 2. The number of nitrogens with one attached hydrogen (secondary N) is 3. The molecule has 1 atom stereocenters. The normalized spacial score (nSPS) is 15.6. The van der Waals surface area contributed by atoms with Crippen LogP contribution in [0.25, 0.3) is 0 Å². The number of esters is 1. The number of aliphatic imine (C=N–C) groups is 2. The molecule has 10 nitrogen and oxygen atoms in total. The van der Waals surface area contributed by atoms with Gasteiger partial charge < -0.3 is 21.1 Å². The van der Waals surface area contributed by atoms with Crippen molar-refractivity contribution in [2.75, 3.05) is 17.2 Å². The molecule has 0 radical (unpaired) electrons. The number of nitrogens with zero attached hydrogens (tertiary/aromatic N) is 2. The number of nitrogens with two attached hydrogens (primary N) is 1. The van der Waals surface area contributed by atoms with Crippen LogP contribution < -0.4 is 21.7 Å². The molecule has 0 saturated heterocycles. The smallest absolute Gasteiger partial charge is 0.338 e. The second kappa shape index (κ2) is 10.0. The Morgan fingerprint density at radius 1 is 1.10 bits per heavy atom. The van der Waals surface area contributed by atoms with Gasteiger partial charge in [0, 0.05) is 11.4 Å². The molecule has 160 valence electrons. The standard InChI is InChI=1S/C21H22N6O4/c1-2-31-19(30)13-8-10-15(11-9-13)23-17(28)12-16-18(29)26-21(25-16)27-20(22)24-14-6-4-3-5-7-14/h3-11,16H,2,12H2,1H3,(H,23,28)(H4,22,24,25,26,27,29). The number of anilines is 2. The van der Waals surface area contributed by atoms with E-state index < -0.39 is 23.8 Å². The van der Waals surface area contributed by atoms with Crippen LogP contribution in [0, 0.1) is 0 Å². The van der Waals surface area contributed by atoms with Gasteiger partial charge in [0.05, 0.1) is 18.6 Å². The van der Waals surface area contributed by atoms with E-state index in [0.29, 0.717) is 11.3 Å². The van der Waals surface area contributed by atoms with E-state index in [9.17, 15) is 14.4 Å². The molecule has 0 aromatic heterocycles. The lowest BCUT2D eigenvalue weighted by Crippen LogP contribution is -2.32. The lowest BCUT2D eigenvalue weighted by atomic mass is 10.2. The molecule has 0 fully saturated rings. The molecule has 1 heterocycles. The quantitative estimate of drug-likeness (QED) is 0.315. The van der Waals surface area contributed by atoms with E-state index in [1.807, 2.05) is 30.3 Å². The zero-order valence-electron chi connectivity index (χ0n) is 16.8. The van der Waals surface area contributed by atoms with Gasteiger partial charge in [0.15, 0.2) is 0 Å². The van der Waals surface area contributed by atoms with Crippen molar-refractivity contribution < 1.29 is 19.1 Å². The van der Waals surface area contributed by atoms with Crippen molar-refractivity contribution in [1.82, 2.24) is 5.32 Å². The number of carbonyl (C=O) groups is 3. The Hall–Kier alpha value is -4.21. The van der Waals surface area contributed by atoms with Gasteiger partial charge in [-0.25, -0.2) is 9.79 Å². The average Bonchev–Trinajstić information content (AvgIpc) is 3.07. The maximum Gasteiger partial charge on any atom is 0.338 e. The summed E-state index contributed by atoms with van der Waals surface area (Å²) in [7, 11) is 0. The average molecular weight is 422 g/mol. The van der Waals surface area contributed by atoms with Gasteiger partial charge in [0.25, 0.3) is 5.91 Å². The second-order valence-electron chi connectivity index (χ2n) is 6.50. The number of guanidine groups is 2. The van der Waals surface area contributed by atoms with Crippen molar-refractivity contribution in [2.24, 2.45) is 15.7 Å². The monoisotopic (exact) mass is 422 g/mol. The van der Waals surface area contributed by atoms with Crippen LogP contribution in [0.3, 0.4) is 0 Å². The van der Waals surface area contributed by atoms with Gasteiger partial charge in [-0.3, -0.25) is 14.9 Å². The Kier molecular flexibility index (Phi) is 6.94. The highest BCUT2D eigenvalue weighted by Crippen LogP contribution is 2.13. The van der Waals surface area contributed by atoms with Crippen molar-refractivity contribution in [3.63, 3.8) is 0 Å². The number of para-hydroxylation sites is 1. The molecule has 2 aromatic rings. The van der Waals surface area contributed by atoms with Gasteiger partial charge in [-0.1, -0.05) is 18.2 Å². The number of ether oxygens (including phenoxy) is 1. The van der Waals surface area contributed by atoms with Crippen molar-refractivity contribution >= 4 is 41.1 Å². The van der Waals surface area contributed by atoms with Crippen molar-refractivity contribution in [3.8, 4) is 0 Å². The first-order valence-electron chi connectivity index (χ1n) is 9.56. The van der Waals surface area contributed by atoms with Crippen LogP contribution in [0.15, 0.2) is 64.6 Å². The molecule has 1 aliphatic heterocycles. The summed E-state index contributed by atoms with van der Waals surface area (Å²) in [6.45, 7) is 2.00. The van der Waals surface area contributed by atoms with Crippen LogP contribution in [0.1, 0.15) is 23.7 Å². The van der Waals surface area contributed by atoms with E-state index in [1.54, 1.807) is 31.2 Å². The minimum absolute atomic E-state index is 0.0301. The molecular formula is C21H22N6O4. The topological polar surface area (TPSA) is 147 Å². The zero-order valence-corrected chi connectivity index (χ0v) is 16.8.